The lowest BCUT2D eigenvalue weighted by molar-refractivity contribution is 0.317. The summed E-state index contributed by atoms with van der Waals surface area (Å²) in [6.07, 6.45) is 1.03. The number of rotatable bonds is 3. The Kier molecular flexibility index (Phi) is 6.19. The lowest BCUT2D eigenvalue weighted by Gasteiger charge is -2.03. The van der Waals surface area contributed by atoms with Crippen molar-refractivity contribution in [1.29, 1.82) is 0 Å². The maximum atomic E-state index is 5.50. The van der Waals surface area contributed by atoms with Crippen LogP contribution in [-0.2, 0) is 0 Å². The highest BCUT2D eigenvalue weighted by atomic mass is 16.5. The Morgan fingerprint density at radius 3 is 1.83 bits per heavy atom. The first-order chi connectivity index (χ1) is 8.72. The summed E-state index contributed by atoms with van der Waals surface area (Å²) in [6.45, 7) is 2.85. The third-order valence-corrected chi connectivity index (χ3v) is 2.15. The predicted molar refractivity (Wildman–Crippen MR) is 77.5 cm³/mol. The molecule has 0 radical (unpaired) electrons. The van der Waals surface area contributed by atoms with E-state index >= 15 is 0 Å². The molecule has 0 spiro atoms. The Hall–Kier alpha value is -2.16. The Bertz CT molecular complexity index is 426. The van der Waals surface area contributed by atoms with Crippen molar-refractivity contribution in [2.45, 2.75) is 13.3 Å². The SMILES string of the molecule is CCCOc1ccc(N)cc1.Nc1ccccc1. The largest absolute Gasteiger partial charge is 0.494 e. The molecule has 2 rings (SSSR count). The van der Waals surface area contributed by atoms with Gasteiger partial charge < -0.3 is 16.2 Å². The second-order valence-electron chi connectivity index (χ2n) is 3.83. The summed E-state index contributed by atoms with van der Waals surface area (Å²) in [5.41, 5.74) is 12.5. The van der Waals surface area contributed by atoms with Crippen LogP contribution in [0.2, 0.25) is 0 Å². The van der Waals surface area contributed by atoms with Crippen molar-refractivity contribution in [1.82, 2.24) is 0 Å². The second kappa shape index (κ2) is 8.01. The Morgan fingerprint density at radius 1 is 0.833 bits per heavy atom. The van der Waals surface area contributed by atoms with Crippen LogP contribution in [0.1, 0.15) is 13.3 Å². The van der Waals surface area contributed by atoms with Gasteiger partial charge >= 0.3 is 0 Å². The molecule has 3 heteroatoms. The normalized spacial score (nSPS) is 9.17. The number of hydrogen-bond donors (Lipinski definition) is 2. The van der Waals surface area contributed by atoms with E-state index in [2.05, 4.69) is 6.92 Å². The number of hydrogen-bond acceptors (Lipinski definition) is 3. The average Bonchev–Trinajstić information content (AvgIpc) is 2.40. The summed E-state index contributed by atoms with van der Waals surface area (Å²) >= 11 is 0. The number of nitrogens with two attached hydrogens (primary N) is 2. The quantitative estimate of drug-likeness (QED) is 0.814. The minimum absolute atomic E-state index is 0.768. The average molecular weight is 244 g/mol. The summed E-state index contributed by atoms with van der Waals surface area (Å²) in [7, 11) is 0. The van der Waals surface area contributed by atoms with Gasteiger partial charge in [-0.25, -0.2) is 0 Å². The van der Waals surface area contributed by atoms with Crippen LogP contribution in [0.5, 0.6) is 5.75 Å². The van der Waals surface area contributed by atoms with Gasteiger partial charge in [0.1, 0.15) is 5.75 Å². The minimum Gasteiger partial charge on any atom is -0.494 e. The van der Waals surface area contributed by atoms with Crippen LogP contribution in [0.15, 0.2) is 54.6 Å². The van der Waals surface area contributed by atoms with Crippen LogP contribution in [0.25, 0.3) is 0 Å². The number of anilines is 2. The molecule has 4 N–H and O–H groups in total. The van der Waals surface area contributed by atoms with E-state index in [0.29, 0.717) is 0 Å². The smallest absolute Gasteiger partial charge is 0.119 e. The molecule has 0 aromatic heterocycles. The summed E-state index contributed by atoms with van der Waals surface area (Å²) in [6, 6.07) is 16.9. The van der Waals surface area contributed by atoms with Crippen molar-refractivity contribution < 1.29 is 4.74 Å². The van der Waals surface area contributed by atoms with E-state index in [1.165, 1.54) is 0 Å². The van der Waals surface area contributed by atoms with Crippen LogP contribution < -0.4 is 16.2 Å². The summed E-state index contributed by atoms with van der Waals surface area (Å²) < 4.78 is 5.35. The third kappa shape index (κ3) is 5.80. The highest BCUT2D eigenvalue weighted by Gasteiger charge is 1.90. The summed E-state index contributed by atoms with van der Waals surface area (Å²) in [4.78, 5) is 0. The van der Waals surface area contributed by atoms with Crippen LogP contribution in [-0.4, -0.2) is 6.61 Å². The standard InChI is InChI=1S/C9H13NO.C6H7N/c1-2-7-11-9-5-3-8(10)4-6-9;7-6-4-2-1-3-5-6/h3-6H,2,7,10H2,1H3;1-5H,7H2. The zero-order valence-corrected chi connectivity index (χ0v) is 10.7. The molecule has 0 unspecified atom stereocenters. The van der Waals surface area contributed by atoms with Gasteiger partial charge in [-0.2, -0.15) is 0 Å². The van der Waals surface area contributed by atoms with Gasteiger partial charge in [0.25, 0.3) is 0 Å². The number of para-hydroxylation sites is 1. The van der Waals surface area contributed by atoms with E-state index < -0.39 is 0 Å². The van der Waals surface area contributed by atoms with E-state index in [9.17, 15) is 0 Å². The first-order valence-corrected chi connectivity index (χ1v) is 6.01. The Balaban J connectivity index is 0.000000199. The van der Waals surface area contributed by atoms with E-state index in [1.54, 1.807) is 0 Å². The molecule has 3 nitrogen and oxygen atoms in total. The van der Waals surface area contributed by atoms with Gasteiger partial charge in [0.15, 0.2) is 0 Å². The van der Waals surface area contributed by atoms with Crippen molar-refractivity contribution in [3.63, 3.8) is 0 Å². The molecule has 18 heavy (non-hydrogen) atoms. The van der Waals surface area contributed by atoms with Crippen molar-refractivity contribution in [2.24, 2.45) is 0 Å². The van der Waals surface area contributed by atoms with Crippen molar-refractivity contribution in [3.05, 3.63) is 54.6 Å². The highest BCUT2D eigenvalue weighted by Crippen LogP contribution is 2.12. The van der Waals surface area contributed by atoms with Gasteiger partial charge in [-0.1, -0.05) is 25.1 Å². The van der Waals surface area contributed by atoms with E-state index in [0.717, 1.165) is 30.2 Å². The van der Waals surface area contributed by atoms with E-state index in [-0.39, 0.29) is 0 Å². The van der Waals surface area contributed by atoms with Crippen LogP contribution in [0.3, 0.4) is 0 Å². The van der Waals surface area contributed by atoms with Gasteiger partial charge in [-0.15, -0.1) is 0 Å². The first-order valence-electron chi connectivity index (χ1n) is 6.01. The van der Waals surface area contributed by atoms with Crippen molar-refractivity contribution >= 4 is 11.4 Å². The molecule has 0 aliphatic carbocycles. The monoisotopic (exact) mass is 244 g/mol. The molecular weight excluding hydrogens is 224 g/mol. The summed E-state index contributed by atoms with van der Waals surface area (Å²) in [5, 5.41) is 0. The topological polar surface area (TPSA) is 61.3 Å². The molecule has 96 valence electrons. The fourth-order valence-corrected chi connectivity index (χ4v) is 1.24. The summed E-state index contributed by atoms with van der Waals surface area (Å²) in [5.74, 6) is 0.890. The Morgan fingerprint density at radius 2 is 1.39 bits per heavy atom. The maximum absolute atomic E-state index is 5.50. The molecule has 0 saturated carbocycles. The van der Waals surface area contributed by atoms with Crippen LogP contribution in [0, 0.1) is 0 Å². The van der Waals surface area contributed by atoms with Crippen LogP contribution in [0.4, 0.5) is 11.4 Å². The van der Waals surface area contributed by atoms with Crippen molar-refractivity contribution in [2.75, 3.05) is 18.1 Å². The maximum Gasteiger partial charge on any atom is 0.119 e. The molecule has 0 saturated heterocycles. The fourth-order valence-electron chi connectivity index (χ4n) is 1.24. The first kappa shape index (κ1) is 13.9. The van der Waals surface area contributed by atoms with Gasteiger partial charge in [0.2, 0.25) is 0 Å². The minimum atomic E-state index is 0.768. The van der Waals surface area contributed by atoms with E-state index in [1.807, 2.05) is 54.6 Å². The molecule has 0 aliphatic heterocycles. The lowest BCUT2D eigenvalue weighted by Crippen LogP contribution is -1.94. The van der Waals surface area contributed by atoms with Crippen molar-refractivity contribution in [3.8, 4) is 5.75 Å². The Labute approximate surface area is 108 Å². The zero-order valence-electron chi connectivity index (χ0n) is 10.7. The highest BCUT2D eigenvalue weighted by molar-refractivity contribution is 5.41. The van der Waals surface area contributed by atoms with Gasteiger partial charge in [-0.3, -0.25) is 0 Å². The number of ether oxygens (including phenoxy) is 1. The molecule has 0 fully saturated rings. The lowest BCUT2D eigenvalue weighted by atomic mass is 10.3. The fraction of sp³-hybridized carbons (Fsp3) is 0.200. The molecule has 0 bridgehead atoms. The van der Waals surface area contributed by atoms with Gasteiger partial charge in [-0.05, 0) is 42.8 Å². The number of nitrogen functional groups attached to an aromatic ring is 2. The third-order valence-electron chi connectivity index (χ3n) is 2.15. The molecule has 0 atom stereocenters. The van der Waals surface area contributed by atoms with Gasteiger partial charge in [0, 0.05) is 11.4 Å². The zero-order chi connectivity index (χ0) is 13.2. The molecule has 2 aromatic rings. The number of benzene rings is 2. The second-order valence-corrected chi connectivity index (χ2v) is 3.83. The van der Waals surface area contributed by atoms with Crippen LogP contribution >= 0.6 is 0 Å². The van der Waals surface area contributed by atoms with E-state index in [4.69, 9.17) is 16.2 Å². The molecule has 0 amide bonds. The molecule has 0 aliphatic rings. The van der Waals surface area contributed by atoms with Gasteiger partial charge in [0.05, 0.1) is 6.61 Å². The molecule has 0 heterocycles. The molecule has 2 aromatic carbocycles. The molecular formula is C15H20N2O. The predicted octanol–water partition coefficient (Wildman–Crippen LogP) is 3.33.